The van der Waals surface area contributed by atoms with Gasteiger partial charge < -0.3 is 5.32 Å². The molecule has 0 saturated heterocycles. The molecule has 0 aromatic rings. The number of hydrogen-bond acceptors (Lipinski definition) is 3. The van der Waals surface area contributed by atoms with E-state index >= 15 is 0 Å². The highest BCUT2D eigenvalue weighted by atomic mass is 32.2. The molecular weight excluding hydrogens is 246 g/mol. The summed E-state index contributed by atoms with van der Waals surface area (Å²) in [6, 6.07) is 0.412. The van der Waals surface area contributed by atoms with Gasteiger partial charge in [0.05, 0.1) is 5.25 Å². The summed E-state index contributed by atoms with van der Waals surface area (Å²) in [5.74, 6) is 0.735. The zero-order valence-electron chi connectivity index (χ0n) is 11.9. The molecule has 2 aliphatic rings. The summed E-state index contributed by atoms with van der Waals surface area (Å²) in [6.07, 6.45) is 7.90. The van der Waals surface area contributed by atoms with Gasteiger partial charge in [-0.2, -0.15) is 0 Å². The second kappa shape index (κ2) is 5.12. The topological polar surface area (TPSA) is 46.2 Å². The van der Waals surface area contributed by atoms with E-state index in [1.165, 1.54) is 19.1 Å². The first-order valence-corrected chi connectivity index (χ1v) is 9.21. The van der Waals surface area contributed by atoms with E-state index in [4.69, 9.17) is 0 Å². The Bertz CT molecular complexity index is 385. The van der Waals surface area contributed by atoms with Gasteiger partial charge in [-0.1, -0.05) is 20.3 Å². The molecule has 4 heteroatoms. The fourth-order valence-electron chi connectivity index (χ4n) is 3.19. The standard InChI is InChI=1S/C14H27NO2S/c1-11(2)14(7-8-14)10-15-12-5-4-6-13(9-12)18(3,16)17/h11-13,15H,4-10H2,1-3H3. The molecule has 0 aromatic carbocycles. The maximum Gasteiger partial charge on any atom is 0.150 e. The fourth-order valence-corrected chi connectivity index (χ4v) is 4.36. The highest BCUT2D eigenvalue weighted by molar-refractivity contribution is 7.91. The average molecular weight is 273 g/mol. The van der Waals surface area contributed by atoms with Crippen molar-refractivity contribution in [2.45, 2.75) is 63.7 Å². The number of nitrogens with one attached hydrogen (secondary N) is 1. The Morgan fingerprint density at radius 1 is 1.28 bits per heavy atom. The van der Waals surface area contributed by atoms with Crippen molar-refractivity contribution < 1.29 is 8.42 Å². The zero-order chi connectivity index (χ0) is 13.4. The van der Waals surface area contributed by atoms with Crippen molar-refractivity contribution in [3.05, 3.63) is 0 Å². The Morgan fingerprint density at radius 2 is 1.94 bits per heavy atom. The second-order valence-corrected chi connectivity index (χ2v) is 9.04. The highest BCUT2D eigenvalue weighted by Crippen LogP contribution is 2.51. The van der Waals surface area contributed by atoms with Gasteiger partial charge in [0.25, 0.3) is 0 Å². The molecule has 0 amide bonds. The lowest BCUT2D eigenvalue weighted by Crippen LogP contribution is -2.41. The lowest BCUT2D eigenvalue weighted by atomic mass is 9.90. The van der Waals surface area contributed by atoms with Crippen LogP contribution in [-0.4, -0.2) is 32.5 Å². The van der Waals surface area contributed by atoms with Crippen molar-refractivity contribution in [1.82, 2.24) is 5.32 Å². The van der Waals surface area contributed by atoms with E-state index in [0.29, 0.717) is 11.5 Å². The van der Waals surface area contributed by atoms with Crippen molar-refractivity contribution >= 4 is 9.84 Å². The van der Waals surface area contributed by atoms with Crippen molar-refractivity contribution in [3.63, 3.8) is 0 Å². The minimum absolute atomic E-state index is 0.113. The number of hydrogen-bond donors (Lipinski definition) is 1. The zero-order valence-corrected chi connectivity index (χ0v) is 12.7. The van der Waals surface area contributed by atoms with Gasteiger partial charge in [0.15, 0.2) is 0 Å². The van der Waals surface area contributed by atoms with Gasteiger partial charge in [-0.3, -0.25) is 0 Å². The molecule has 3 nitrogen and oxygen atoms in total. The first-order valence-electron chi connectivity index (χ1n) is 7.26. The van der Waals surface area contributed by atoms with Crippen LogP contribution in [0.5, 0.6) is 0 Å². The maximum atomic E-state index is 11.6. The smallest absolute Gasteiger partial charge is 0.150 e. The SMILES string of the molecule is CC(C)C1(CNC2CCCC(S(C)(=O)=O)C2)CC1. The minimum Gasteiger partial charge on any atom is -0.313 e. The summed E-state index contributed by atoms with van der Waals surface area (Å²) in [4.78, 5) is 0. The lowest BCUT2D eigenvalue weighted by molar-refractivity contribution is 0.291. The average Bonchev–Trinajstić information content (AvgIpc) is 3.07. The van der Waals surface area contributed by atoms with Crippen LogP contribution in [0.25, 0.3) is 0 Å². The van der Waals surface area contributed by atoms with Gasteiger partial charge in [0, 0.05) is 18.8 Å². The van der Waals surface area contributed by atoms with E-state index < -0.39 is 9.84 Å². The summed E-state index contributed by atoms with van der Waals surface area (Å²) < 4.78 is 23.3. The highest BCUT2D eigenvalue weighted by Gasteiger charge is 2.45. The van der Waals surface area contributed by atoms with Crippen LogP contribution in [0.2, 0.25) is 0 Å². The third kappa shape index (κ3) is 3.27. The van der Waals surface area contributed by atoms with Crippen molar-refractivity contribution in [2.75, 3.05) is 12.8 Å². The van der Waals surface area contributed by atoms with Gasteiger partial charge in [-0.25, -0.2) is 8.42 Å². The van der Waals surface area contributed by atoms with E-state index in [1.807, 2.05) is 0 Å². The molecule has 0 bridgehead atoms. The van der Waals surface area contributed by atoms with Gasteiger partial charge in [-0.05, 0) is 43.4 Å². The fraction of sp³-hybridized carbons (Fsp3) is 1.00. The van der Waals surface area contributed by atoms with Gasteiger partial charge >= 0.3 is 0 Å². The first kappa shape index (κ1) is 14.3. The van der Waals surface area contributed by atoms with Crippen LogP contribution in [0.4, 0.5) is 0 Å². The minimum atomic E-state index is -2.85. The van der Waals surface area contributed by atoms with Crippen molar-refractivity contribution in [3.8, 4) is 0 Å². The molecule has 2 rings (SSSR count). The maximum absolute atomic E-state index is 11.6. The quantitative estimate of drug-likeness (QED) is 0.836. The number of sulfone groups is 1. The molecule has 0 aromatic heterocycles. The summed E-state index contributed by atoms with van der Waals surface area (Å²) in [5.41, 5.74) is 0.512. The molecule has 2 atom stereocenters. The van der Waals surface area contributed by atoms with E-state index in [9.17, 15) is 8.42 Å². The lowest BCUT2D eigenvalue weighted by Gasteiger charge is -2.31. The molecule has 2 aliphatic carbocycles. The molecule has 2 unspecified atom stereocenters. The molecule has 1 N–H and O–H groups in total. The van der Waals surface area contributed by atoms with Crippen LogP contribution in [-0.2, 0) is 9.84 Å². The normalized spacial score (nSPS) is 31.6. The largest absolute Gasteiger partial charge is 0.313 e. The molecule has 0 radical (unpaired) electrons. The van der Waals surface area contributed by atoms with Crippen molar-refractivity contribution in [2.24, 2.45) is 11.3 Å². The summed E-state index contributed by atoms with van der Waals surface area (Å²) >= 11 is 0. The molecule has 2 saturated carbocycles. The second-order valence-electron chi connectivity index (χ2n) is 6.71. The van der Waals surface area contributed by atoms with E-state index in [-0.39, 0.29) is 5.25 Å². The Hall–Kier alpha value is -0.0900. The molecular formula is C14H27NO2S. The van der Waals surface area contributed by atoms with E-state index in [2.05, 4.69) is 19.2 Å². The Labute approximate surface area is 112 Å². The molecule has 18 heavy (non-hydrogen) atoms. The predicted octanol–water partition coefficient (Wildman–Crippen LogP) is 2.37. The monoisotopic (exact) mass is 273 g/mol. The number of rotatable bonds is 5. The molecule has 2 fully saturated rings. The van der Waals surface area contributed by atoms with Crippen LogP contribution < -0.4 is 5.32 Å². The third-order valence-corrected chi connectivity index (χ3v) is 6.73. The van der Waals surface area contributed by atoms with Crippen LogP contribution in [0, 0.1) is 11.3 Å². The van der Waals surface area contributed by atoms with E-state index in [1.54, 1.807) is 0 Å². The molecule has 0 spiro atoms. The molecule has 0 aliphatic heterocycles. The summed E-state index contributed by atoms with van der Waals surface area (Å²) in [5, 5.41) is 3.53. The Morgan fingerprint density at radius 3 is 2.44 bits per heavy atom. The van der Waals surface area contributed by atoms with Gasteiger partial charge in [0.1, 0.15) is 9.84 Å². The summed E-state index contributed by atoms with van der Waals surface area (Å²) in [6.45, 7) is 5.68. The molecule has 106 valence electrons. The van der Waals surface area contributed by atoms with Crippen LogP contribution in [0.1, 0.15) is 52.4 Å². The van der Waals surface area contributed by atoms with Gasteiger partial charge in [0.2, 0.25) is 0 Å². The third-order valence-electron chi connectivity index (χ3n) is 5.09. The van der Waals surface area contributed by atoms with Crippen molar-refractivity contribution in [1.29, 1.82) is 0 Å². The Balaban J connectivity index is 1.84. The van der Waals surface area contributed by atoms with Crippen LogP contribution in [0.15, 0.2) is 0 Å². The van der Waals surface area contributed by atoms with E-state index in [0.717, 1.165) is 38.1 Å². The summed E-state index contributed by atoms with van der Waals surface area (Å²) in [7, 11) is -2.85. The van der Waals surface area contributed by atoms with Gasteiger partial charge in [-0.15, -0.1) is 0 Å². The molecule has 0 heterocycles. The Kier molecular flexibility index (Phi) is 4.07. The predicted molar refractivity (Wildman–Crippen MR) is 75.4 cm³/mol. The van der Waals surface area contributed by atoms with Crippen LogP contribution >= 0.6 is 0 Å². The van der Waals surface area contributed by atoms with Crippen LogP contribution in [0.3, 0.4) is 0 Å². The first-order chi connectivity index (χ1) is 8.33.